The van der Waals surface area contributed by atoms with Crippen LogP contribution in [0.5, 0.6) is 0 Å². The Bertz CT molecular complexity index is 1890. The molecule has 15 nitrogen and oxygen atoms in total. The van der Waals surface area contributed by atoms with Crippen LogP contribution in [0.1, 0.15) is 64.5 Å². The van der Waals surface area contributed by atoms with Gasteiger partial charge < -0.3 is 45.2 Å². The summed E-state index contributed by atoms with van der Waals surface area (Å²) in [6.07, 6.45) is 0.584. The molecule has 5 amide bonds. The Balaban J connectivity index is 1.06. The number of para-hydroxylation sites is 1. The number of carbonyl (C=O) groups is 5. The summed E-state index contributed by atoms with van der Waals surface area (Å²) in [5.74, 6) is -1.35. The molecule has 3 saturated heterocycles. The first-order valence-corrected chi connectivity index (χ1v) is 20.1. The fraction of sp³-hybridized carbons (Fsp3) is 0.465. The van der Waals surface area contributed by atoms with E-state index < -0.39 is 42.6 Å². The molecule has 4 atom stereocenters. The van der Waals surface area contributed by atoms with E-state index in [-0.39, 0.29) is 36.4 Å². The van der Waals surface area contributed by atoms with Crippen molar-refractivity contribution >= 4 is 46.8 Å². The quantitative estimate of drug-likeness (QED) is 0.133. The van der Waals surface area contributed by atoms with Gasteiger partial charge in [-0.15, -0.1) is 0 Å². The van der Waals surface area contributed by atoms with E-state index in [0.29, 0.717) is 56.8 Å². The van der Waals surface area contributed by atoms with Crippen LogP contribution in [-0.2, 0) is 41.7 Å². The minimum atomic E-state index is -1.28. The van der Waals surface area contributed by atoms with Crippen LogP contribution in [0.4, 0.5) is 21.9 Å². The molecule has 310 valence electrons. The lowest BCUT2D eigenvalue weighted by molar-refractivity contribution is -0.335. The number of carboxylic acid groups (broad SMARTS) is 1. The Kier molecular flexibility index (Phi) is 14.0. The highest BCUT2D eigenvalue weighted by Crippen LogP contribution is 2.26. The molecule has 0 unspecified atom stereocenters. The summed E-state index contributed by atoms with van der Waals surface area (Å²) >= 11 is 0. The largest absolute Gasteiger partial charge is 0.465 e. The third-order valence-corrected chi connectivity index (χ3v) is 10.9. The predicted molar refractivity (Wildman–Crippen MR) is 218 cm³/mol. The van der Waals surface area contributed by atoms with Crippen molar-refractivity contribution in [2.24, 2.45) is 11.8 Å². The summed E-state index contributed by atoms with van der Waals surface area (Å²) in [5, 5.41) is 20.6. The zero-order chi connectivity index (χ0) is 41.3. The molecule has 0 aromatic heterocycles. The molecule has 0 spiro atoms. The Morgan fingerprint density at radius 1 is 0.690 bits per heavy atom. The second kappa shape index (κ2) is 19.3. The maximum absolute atomic E-state index is 13.5. The topological polar surface area (TPSA) is 182 Å². The van der Waals surface area contributed by atoms with Gasteiger partial charge in [-0.25, -0.2) is 4.79 Å². The first-order valence-electron chi connectivity index (χ1n) is 20.1. The highest BCUT2D eigenvalue weighted by molar-refractivity contribution is 5.99. The van der Waals surface area contributed by atoms with Crippen LogP contribution >= 0.6 is 0 Å². The van der Waals surface area contributed by atoms with Crippen LogP contribution in [0.3, 0.4) is 0 Å². The van der Waals surface area contributed by atoms with Crippen molar-refractivity contribution in [3.8, 4) is 0 Å². The molecule has 15 heteroatoms. The van der Waals surface area contributed by atoms with Gasteiger partial charge in [-0.05, 0) is 85.0 Å². The van der Waals surface area contributed by atoms with Crippen LogP contribution in [0.25, 0.3) is 0 Å². The second-order valence-electron chi connectivity index (χ2n) is 15.8. The predicted octanol–water partition coefficient (Wildman–Crippen LogP) is 4.95. The van der Waals surface area contributed by atoms with Crippen LogP contribution in [0, 0.1) is 11.8 Å². The molecular weight excluding hydrogens is 743 g/mol. The van der Waals surface area contributed by atoms with Crippen molar-refractivity contribution in [2.45, 2.75) is 97.0 Å². The monoisotopic (exact) mass is 797 g/mol. The number of nitrogens with zero attached hydrogens (tertiary/aromatic N) is 3. The van der Waals surface area contributed by atoms with Crippen LogP contribution in [-0.4, -0.2) is 95.1 Å². The number of amides is 5. The molecule has 5 N–H and O–H groups in total. The summed E-state index contributed by atoms with van der Waals surface area (Å²) in [6, 6.07) is 22.6. The number of hydrogen-bond donors (Lipinski definition) is 5. The number of anilines is 3. The molecule has 3 aliphatic rings. The first kappa shape index (κ1) is 42.1. The van der Waals surface area contributed by atoms with Crippen LogP contribution in [0.15, 0.2) is 78.9 Å². The van der Waals surface area contributed by atoms with Gasteiger partial charge in [-0.2, -0.15) is 0 Å². The normalized spacial score (nSPS) is 19.1. The Morgan fingerprint density at radius 3 is 1.57 bits per heavy atom. The van der Waals surface area contributed by atoms with E-state index in [1.165, 1.54) is 4.90 Å². The van der Waals surface area contributed by atoms with E-state index in [1.54, 1.807) is 18.7 Å². The van der Waals surface area contributed by atoms with E-state index in [0.717, 1.165) is 23.2 Å². The van der Waals surface area contributed by atoms with Crippen molar-refractivity contribution in [3.63, 3.8) is 0 Å². The van der Waals surface area contributed by atoms with Gasteiger partial charge in [0.15, 0.2) is 6.79 Å². The van der Waals surface area contributed by atoms with Crippen LogP contribution in [0.2, 0.25) is 0 Å². The van der Waals surface area contributed by atoms with Crippen molar-refractivity contribution < 1.29 is 38.6 Å². The second-order valence-corrected chi connectivity index (χ2v) is 15.8. The summed E-state index contributed by atoms with van der Waals surface area (Å²) in [7, 11) is 0. The summed E-state index contributed by atoms with van der Waals surface area (Å²) in [5.41, 5.74) is 4.31. The van der Waals surface area contributed by atoms with Gasteiger partial charge in [-0.3, -0.25) is 24.5 Å². The Morgan fingerprint density at radius 2 is 1.16 bits per heavy atom. The van der Waals surface area contributed by atoms with Gasteiger partial charge in [0.05, 0.1) is 6.04 Å². The van der Waals surface area contributed by atoms with E-state index in [1.807, 2.05) is 92.7 Å². The fourth-order valence-electron chi connectivity index (χ4n) is 7.69. The average Bonchev–Trinajstić information content (AvgIpc) is 3.89. The molecular formula is C43H55N7O8. The number of ether oxygens (including phenoxy) is 2. The van der Waals surface area contributed by atoms with Gasteiger partial charge >= 0.3 is 6.09 Å². The lowest BCUT2D eigenvalue weighted by atomic mass is 10.0. The van der Waals surface area contributed by atoms with Crippen LogP contribution < -0.4 is 26.2 Å². The molecule has 58 heavy (non-hydrogen) atoms. The third-order valence-electron chi connectivity index (χ3n) is 10.9. The van der Waals surface area contributed by atoms with E-state index in [4.69, 9.17) is 9.47 Å². The van der Waals surface area contributed by atoms with Gasteiger partial charge in [0.2, 0.25) is 30.0 Å². The lowest BCUT2D eigenvalue weighted by Crippen LogP contribution is -2.58. The minimum absolute atomic E-state index is 0.0245. The number of hydrogen-bond acceptors (Lipinski definition) is 9. The van der Waals surface area contributed by atoms with Crippen molar-refractivity contribution in [1.82, 2.24) is 20.4 Å². The molecule has 3 fully saturated rings. The minimum Gasteiger partial charge on any atom is -0.465 e. The number of nitrogens with one attached hydrogen (secondary N) is 4. The zero-order valence-electron chi connectivity index (χ0n) is 33.6. The molecule has 0 radical (unpaired) electrons. The number of likely N-dealkylation sites (tertiary alicyclic amines) is 2. The molecule has 3 heterocycles. The highest BCUT2D eigenvalue weighted by atomic mass is 16.9. The van der Waals surface area contributed by atoms with Crippen molar-refractivity contribution in [2.75, 3.05) is 35.4 Å². The maximum Gasteiger partial charge on any atom is 0.405 e. The average molecular weight is 798 g/mol. The highest BCUT2D eigenvalue weighted by Gasteiger charge is 2.40. The van der Waals surface area contributed by atoms with Gasteiger partial charge in [0.25, 0.3) is 0 Å². The zero-order valence-corrected chi connectivity index (χ0v) is 33.6. The van der Waals surface area contributed by atoms with E-state index >= 15 is 0 Å². The number of carbonyl (C=O) groups excluding carboxylic acids is 4. The van der Waals surface area contributed by atoms with Gasteiger partial charge in [-0.1, -0.05) is 70.2 Å². The summed E-state index contributed by atoms with van der Waals surface area (Å²) < 4.78 is 10.6. The van der Waals surface area contributed by atoms with Crippen molar-refractivity contribution in [1.29, 1.82) is 0 Å². The summed E-state index contributed by atoms with van der Waals surface area (Å²) in [4.78, 5) is 70.4. The van der Waals surface area contributed by atoms with E-state index in [9.17, 15) is 29.1 Å². The molecule has 0 bridgehead atoms. The molecule has 0 saturated carbocycles. The molecule has 0 aliphatic carbocycles. The maximum atomic E-state index is 13.5. The smallest absolute Gasteiger partial charge is 0.405 e. The lowest BCUT2D eigenvalue weighted by Gasteiger charge is -2.35. The molecule has 3 aromatic carbocycles. The van der Waals surface area contributed by atoms with Crippen molar-refractivity contribution in [3.05, 3.63) is 90.0 Å². The molecule has 6 rings (SSSR count). The molecule has 3 aromatic rings. The standard InChI is InChI=1S/C43H55N7O8/c1-27(2)36(46-42(55)56)40(53)49-22-8-12-34(49)38(51)44-31-18-14-29(15-19-31)24-48(33-10-6-5-7-11-33)25-30-16-20-32(21-17-30)45-39(52)35-13-9-23-50(35)41(54)37(28(3)4)47-43-57-26-58-43/h5-7,10-11,14-21,27-28,34-37,43,46-47H,8-9,12-13,22-26H2,1-4H3,(H,44,51)(H,45,52)(H,55,56)/t34-,35-,36+,37+/m0/s1. The van der Waals surface area contributed by atoms with E-state index in [2.05, 4.69) is 26.2 Å². The Hall–Kier alpha value is -5.51. The number of benzene rings is 3. The first-order chi connectivity index (χ1) is 27.9. The van der Waals surface area contributed by atoms with Gasteiger partial charge in [0.1, 0.15) is 18.1 Å². The Labute approximate surface area is 339 Å². The molecule has 3 aliphatic heterocycles. The fourth-order valence-corrected chi connectivity index (χ4v) is 7.69. The third kappa shape index (κ3) is 10.5. The number of rotatable bonds is 16. The summed E-state index contributed by atoms with van der Waals surface area (Å²) in [6.45, 7) is 9.68. The van der Waals surface area contributed by atoms with Gasteiger partial charge in [0, 0.05) is 43.2 Å². The SMILES string of the molecule is CC(C)[C@@H](NC(=O)O)C(=O)N1CCC[C@H]1C(=O)Nc1ccc(CN(Cc2ccc(NC(=O)[C@@H]3CCCN3C(=O)[C@H](NC3OCO3)C(C)C)cc2)c2ccccc2)cc1.